The lowest BCUT2D eigenvalue weighted by Gasteiger charge is -2.06. The summed E-state index contributed by atoms with van der Waals surface area (Å²) in [6.45, 7) is -0.187. The topological polar surface area (TPSA) is 77.5 Å². The van der Waals surface area contributed by atoms with Gasteiger partial charge in [0.25, 0.3) is 5.91 Å². The summed E-state index contributed by atoms with van der Waals surface area (Å²) in [6, 6.07) is 3.16. The first kappa shape index (κ1) is 12.0. The highest BCUT2D eigenvalue weighted by atomic mass is 16.5. The Morgan fingerprint density at radius 3 is 2.81 bits per heavy atom. The summed E-state index contributed by atoms with van der Waals surface area (Å²) in [5.41, 5.74) is 0.272. The van der Waals surface area contributed by atoms with Crippen molar-refractivity contribution in [3.63, 3.8) is 0 Å². The minimum atomic E-state index is -0.517. The van der Waals surface area contributed by atoms with E-state index < -0.39 is 11.9 Å². The molecule has 16 heavy (non-hydrogen) atoms. The summed E-state index contributed by atoms with van der Waals surface area (Å²) in [7, 11) is 2.67. The van der Waals surface area contributed by atoms with Crippen LogP contribution >= 0.6 is 0 Å². The second-order valence-corrected chi connectivity index (χ2v) is 2.82. The average Bonchev–Trinajstić information content (AvgIpc) is 2.35. The summed E-state index contributed by atoms with van der Waals surface area (Å²) < 4.78 is 9.30. The molecule has 1 rings (SSSR count). The number of pyridine rings is 1. The first-order chi connectivity index (χ1) is 7.69. The van der Waals surface area contributed by atoms with Crippen LogP contribution < -0.4 is 10.1 Å². The van der Waals surface area contributed by atoms with Gasteiger partial charge in [-0.1, -0.05) is 0 Å². The molecule has 0 unspecified atom stereocenters. The number of carbonyl (C=O) groups excluding carboxylic acids is 2. The second-order valence-electron chi connectivity index (χ2n) is 2.82. The van der Waals surface area contributed by atoms with Crippen molar-refractivity contribution in [1.29, 1.82) is 0 Å². The molecule has 86 valence electrons. The maximum Gasteiger partial charge on any atom is 0.325 e. The molecule has 1 heterocycles. The van der Waals surface area contributed by atoms with Gasteiger partial charge in [0.2, 0.25) is 5.88 Å². The smallest absolute Gasteiger partial charge is 0.325 e. The zero-order valence-electron chi connectivity index (χ0n) is 9.02. The molecule has 1 N–H and O–H groups in total. The Bertz CT molecular complexity index is 392. The fourth-order valence-electron chi connectivity index (χ4n) is 1.05. The van der Waals surface area contributed by atoms with E-state index in [4.69, 9.17) is 4.74 Å². The fourth-order valence-corrected chi connectivity index (χ4v) is 1.05. The third kappa shape index (κ3) is 2.94. The maximum atomic E-state index is 11.6. The summed E-state index contributed by atoms with van der Waals surface area (Å²) in [6.07, 6.45) is 1.51. The van der Waals surface area contributed by atoms with Gasteiger partial charge in [-0.05, 0) is 12.1 Å². The van der Waals surface area contributed by atoms with E-state index in [-0.39, 0.29) is 18.0 Å². The molecule has 0 fully saturated rings. The molecule has 0 spiro atoms. The molecule has 0 aliphatic carbocycles. The van der Waals surface area contributed by atoms with Crippen LogP contribution in [-0.2, 0) is 9.53 Å². The van der Waals surface area contributed by atoms with E-state index in [0.29, 0.717) is 0 Å². The predicted octanol–water partition coefficient (Wildman–Crippen LogP) is -0.00700. The monoisotopic (exact) mass is 224 g/mol. The highest BCUT2D eigenvalue weighted by Gasteiger charge is 2.13. The van der Waals surface area contributed by atoms with Gasteiger partial charge in [0.15, 0.2) is 0 Å². The second kappa shape index (κ2) is 5.69. The number of nitrogens with one attached hydrogen (secondary N) is 1. The third-order valence-corrected chi connectivity index (χ3v) is 1.83. The van der Waals surface area contributed by atoms with Crippen molar-refractivity contribution >= 4 is 11.9 Å². The summed E-state index contributed by atoms with van der Waals surface area (Å²) >= 11 is 0. The highest BCUT2D eigenvalue weighted by Crippen LogP contribution is 2.12. The molecule has 0 aliphatic heterocycles. The Morgan fingerprint density at radius 1 is 1.44 bits per heavy atom. The Hall–Kier alpha value is -2.11. The first-order valence-electron chi connectivity index (χ1n) is 4.53. The van der Waals surface area contributed by atoms with Gasteiger partial charge in [0.1, 0.15) is 12.1 Å². The van der Waals surface area contributed by atoms with Crippen LogP contribution in [0.25, 0.3) is 0 Å². The van der Waals surface area contributed by atoms with Crippen molar-refractivity contribution in [3.8, 4) is 5.88 Å². The molecule has 1 aromatic heterocycles. The Balaban J connectivity index is 2.69. The minimum Gasteiger partial charge on any atom is -0.480 e. The van der Waals surface area contributed by atoms with Crippen molar-refractivity contribution in [2.75, 3.05) is 20.8 Å². The fraction of sp³-hybridized carbons (Fsp3) is 0.300. The van der Waals surface area contributed by atoms with Crippen LogP contribution in [0.3, 0.4) is 0 Å². The third-order valence-electron chi connectivity index (χ3n) is 1.83. The average molecular weight is 224 g/mol. The Kier molecular flexibility index (Phi) is 4.26. The number of nitrogens with zero attached hydrogens (tertiary/aromatic N) is 1. The van der Waals surface area contributed by atoms with E-state index in [1.54, 1.807) is 12.1 Å². The molecular weight excluding hydrogens is 212 g/mol. The zero-order chi connectivity index (χ0) is 12.0. The Labute approximate surface area is 92.6 Å². The van der Waals surface area contributed by atoms with Crippen LogP contribution in [0.4, 0.5) is 0 Å². The van der Waals surface area contributed by atoms with Crippen molar-refractivity contribution in [2.24, 2.45) is 0 Å². The molecular formula is C10H12N2O4. The van der Waals surface area contributed by atoms with Crippen molar-refractivity contribution < 1.29 is 19.1 Å². The van der Waals surface area contributed by atoms with E-state index in [9.17, 15) is 9.59 Å². The van der Waals surface area contributed by atoms with Crippen molar-refractivity contribution in [2.45, 2.75) is 0 Å². The van der Waals surface area contributed by atoms with Gasteiger partial charge in [-0.3, -0.25) is 9.59 Å². The number of ether oxygens (including phenoxy) is 2. The van der Waals surface area contributed by atoms with Crippen molar-refractivity contribution in [1.82, 2.24) is 10.3 Å². The highest BCUT2D eigenvalue weighted by molar-refractivity contribution is 5.97. The number of aromatic nitrogens is 1. The molecule has 0 aliphatic rings. The number of hydrogen-bond acceptors (Lipinski definition) is 5. The maximum absolute atomic E-state index is 11.6. The van der Waals surface area contributed by atoms with E-state index in [1.807, 2.05) is 0 Å². The van der Waals surface area contributed by atoms with E-state index in [2.05, 4.69) is 15.0 Å². The number of esters is 1. The van der Waals surface area contributed by atoms with Crippen LogP contribution in [0, 0.1) is 0 Å². The number of hydrogen-bond donors (Lipinski definition) is 1. The minimum absolute atomic E-state index is 0.187. The molecule has 0 saturated heterocycles. The van der Waals surface area contributed by atoms with E-state index in [1.165, 1.54) is 20.4 Å². The zero-order valence-corrected chi connectivity index (χ0v) is 9.02. The number of carbonyl (C=O) groups is 2. The van der Waals surface area contributed by atoms with Gasteiger partial charge < -0.3 is 14.8 Å². The SMILES string of the molecule is COC(=O)CNC(=O)c1cccnc1OC. The van der Waals surface area contributed by atoms with E-state index in [0.717, 1.165) is 0 Å². The molecule has 0 atom stereocenters. The lowest BCUT2D eigenvalue weighted by atomic mass is 10.2. The van der Waals surface area contributed by atoms with Gasteiger partial charge in [0.05, 0.1) is 14.2 Å². The number of amides is 1. The van der Waals surface area contributed by atoms with Crippen molar-refractivity contribution in [3.05, 3.63) is 23.9 Å². The molecule has 0 radical (unpaired) electrons. The van der Waals surface area contributed by atoms with Gasteiger partial charge >= 0.3 is 5.97 Å². The molecule has 6 heteroatoms. The van der Waals surface area contributed by atoms with E-state index >= 15 is 0 Å². The first-order valence-corrected chi connectivity index (χ1v) is 4.53. The van der Waals surface area contributed by atoms with Crippen LogP contribution in [0.15, 0.2) is 18.3 Å². The molecule has 1 aromatic rings. The van der Waals surface area contributed by atoms with Gasteiger partial charge in [-0.25, -0.2) is 4.98 Å². The summed E-state index contributed by atoms with van der Waals surface area (Å²) in [4.78, 5) is 26.3. The quantitative estimate of drug-likeness (QED) is 0.728. The molecule has 6 nitrogen and oxygen atoms in total. The largest absolute Gasteiger partial charge is 0.480 e. The number of rotatable bonds is 4. The lowest BCUT2D eigenvalue weighted by Crippen LogP contribution is -2.30. The number of methoxy groups -OCH3 is 2. The van der Waals surface area contributed by atoms with Crippen LogP contribution in [0.2, 0.25) is 0 Å². The summed E-state index contributed by atoms with van der Waals surface area (Å²) in [5.74, 6) is -0.739. The Morgan fingerprint density at radius 2 is 2.19 bits per heavy atom. The standard InChI is InChI=1S/C10H12N2O4/c1-15-8(13)6-12-9(14)7-4-3-5-11-10(7)16-2/h3-5H,6H2,1-2H3,(H,12,14). The molecule has 0 bridgehead atoms. The van der Waals surface area contributed by atoms with Gasteiger partial charge in [-0.2, -0.15) is 0 Å². The van der Waals surface area contributed by atoms with Crippen LogP contribution in [0.1, 0.15) is 10.4 Å². The predicted molar refractivity (Wildman–Crippen MR) is 55.1 cm³/mol. The lowest BCUT2D eigenvalue weighted by molar-refractivity contribution is -0.139. The molecule has 0 aromatic carbocycles. The van der Waals surface area contributed by atoms with Crippen LogP contribution in [-0.4, -0.2) is 37.6 Å². The van der Waals surface area contributed by atoms with Gasteiger partial charge in [-0.15, -0.1) is 0 Å². The van der Waals surface area contributed by atoms with Crippen LogP contribution in [0.5, 0.6) is 5.88 Å². The molecule has 0 saturated carbocycles. The molecule has 1 amide bonds. The van der Waals surface area contributed by atoms with Gasteiger partial charge in [0, 0.05) is 6.20 Å². The summed E-state index contributed by atoms with van der Waals surface area (Å²) in [5, 5.41) is 2.39. The normalized spacial score (nSPS) is 9.38.